The van der Waals surface area contributed by atoms with Crippen molar-refractivity contribution in [3.8, 4) is 17.0 Å². The highest BCUT2D eigenvalue weighted by molar-refractivity contribution is 7.16. The van der Waals surface area contributed by atoms with Crippen molar-refractivity contribution in [3.05, 3.63) is 52.9 Å². The van der Waals surface area contributed by atoms with Crippen molar-refractivity contribution in [1.29, 1.82) is 0 Å². The highest BCUT2D eigenvalue weighted by Gasteiger charge is 2.22. The molecule has 3 aromatic heterocycles. The van der Waals surface area contributed by atoms with Gasteiger partial charge in [-0.2, -0.15) is 5.10 Å². The van der Waals surface area contributed by atoms with Crippen molar-refractivity contribution in [2.24, 2.45) is 0 Å². The van der Waals surface area contributed by atoms with E-state index in [4.69, 9.17) is 21.1 Å². The Labute approximate surface area is 207 Å². The first-order chi connectivity index (χ1) is 16.3. The standard InChI is InChI=1S/C23H26ClN5O3SSi/c1-31-19-6-5-15(24)9-16(19)22-18(11-27-29(22)14-32-7-8-34(2,3)4)28-23(30)17-10-25-12-20-21(17)26-13-33-20/h5-6,9-13H,7-8,14H2,1-4H3,(H,28,30). The molecule has 1 amide bonds. The fourth-order valence-electron chi connectivity index (χ4n) is 3.40. The second-order valence-corrected chi connectivity index (χ2v) is 15.9. The molecule has 0 bridgehead atoms. The van der Waals surface area contributed by atoms with Gasteiger partial charge >= 0.3 is 0 Å². The molecular weight excluding hydrogens is 490 g/mol. The molecule has 0 aliphatic rings. The number of aromatic nitrogens is 4. The lowest BCUT2D eigenvalue weighted by molar-refractivity contribution is 0.0797. The summed E-state index contributed by atoms with van der Waals surface area (Å²) < 4.78 is 14.1. The van der Waals surface area contributed by atoms with Crippen LogP contribution in [-0.2, 0) is 11.5 Å². The minimum Gasteiger partial charge on any atom is -0.496 e. The quantitative estimate of drug-likeness (QED) is 0.224. The number of pyridine rings is 1. The van der Waals surface area contributed by atoms with Gasteiger partial charge in [0.1, 0.15) is 12.5 Å². The number of anilines is 1. The van der Waals surface area contributed by atoms with Crippen LogP contribution in [0.4, 0.5) is 5.69 Å². The molecule has 0 aliphatic carbocycles. The van der Waals surface area contributed by atoms with Crippen molar-refractivity contribution >= 4 is 52.8 Å². The molecule has 0 radical (unpaired) electrons. The van der Waals surface area contributed by atoms with Gasteiger partial charge in [0.15, 0.2) is 0 Å². The minimum absolute atomic E-state index is 0.231. The third kappa shape index (κ3) is 5.47. The first kappa shape index (κ1) is 24.3. The highest BCUT2D eigenvalue weighted by Crippen LogP contribution is 2.37. The molecule has 3 heterocycles. The molecule has 8 nitrogen and oxygen atoms in total. The number of carbonyl (C=O) groups excluding carboxylic acids is 1. The molecule has 0 aliphatic heterocycles. The van der Waals surface area contributed by atoms with Crippen LogP contribution in [0.5, 0.6) is 5.75 Å². The molecule has 0 atom stereocenters. The Morgan fingerprint density at radius 1 is 1.24 bits per heavy atom. The van der Waals surface area contributed by atoms with Crippen LogP contribution in [0.3, 0.4) is 0 Å². The lowest BCUT2D eigenvalue weighted by Gasteiger charge is -2.17. The van der Waals surface area contributed by atoms with Gasteiger partial charge in [0.2, 0.25) is 0 Å². The number of methoxy groups -OCH3 is 1. The topological polar surface area (TPSA) is 91.2 Å². The van der Waals surface area contributed by atoms with Crippen molar-refractivity contribution < 1.29 is 14.3 Å². The highest BCUT2D eigenvalue weighted by atomic mass is 35.5. The number of amides is 1. The van der Waals surface area contributed by atoms with Crippen LogP contribution in [-0.4, -0.2) is 47.4 Å². The van der Waals surface area contributed by atoms with E-state index in [1.807, 2.05) is 0 Å². The zero-order valence-corrected chi connectivity index (χ0v) is 22.0. The normalized spacial score (nSPS) is 11.7. The molecule has 0 saturated heterocycles. The number of nitrogens with zero attached hydrogens (tertiary/aromatic N) is 4. The van der Waals surface area contributed by atoms with Crippen LogP contribution in [0, 0.1) is 0 Å². The van der Waals surface area contributed by atoms with Crippen LogP contribution >= 0.6 is 22.9 Å². The van der Waals surface area contributed by atoms with Crippen molar-refractivity contribution in [2.75, 3.05) is 19.0 Å². The Kier molecular flexibility index (Phi) is 7.32. The van der Waals surface area contributed by atoms with Gasteiger partial charge in [-0.1, -0.05) is 31.2 Å². The Morgan fingerprint density at radius 2 is 2.06 bits per heavy atom. The van der Waals surface area contributed by atoms with Gasteiger partial charge in [0.25, 0.3) is 5.91 Å². The zero-order chi connectivity index (χ0) is 24.3. The number of ether oxygens (including phenoxy) is 2. The van der Waals surface area contributed by atoms with Crippen LogP contribution in [0.1, 0.15) is 10.4 Å². The third-order valence-electron chi connectivity index (χ3n) is 5.20. The van der Waals surface area contributed by atoms with Gasteiger partial charge in [0.05, 0.1) is 46.0 Å². The SMILES string of the molecule is COc1ccc(Cl)cc1-c1c(NC(=O)c2cncc3scnc23)cnn1COCC[Si](C)(C)C. The first-order valence-electron chi connectivity index (χ1n) is 10.7. The molecule has 0 fully saturated rings. The number of fused-ring (bicyclic) bond motifs is 1. The van der Waals surface area contributed by atoms with E-state index in [-0.39, 0.29) is 12.6 Å². The lowest BCUT2D eigenvalue weighted by atomic mass is 10.1. The van der Waals surface area contributed by atoms with Crippen molar-refractivity contribution in [3.63, 3.8) is 0 Å². The van der Waals surface area contributed by atoms with E-state index in [2.05, 4.69) is 40.0 Å². The van der Waals surface area contributed by atoms with E-state index in [9.17, 15) is 4.79 Å². The summed E-state index contributed by atoms with van der Waals surface area (Å²) in [6.07, 6.45) is 4.81. The molecule has 4 rings (SSSR count). The number of carbonyl (C=O) groups is 1. The maximum atomic E-state index is 13.2. The van der Waals surface area contributed by atoms with E-state index in [1.165, 1.54) is 17.5 Å². The van der Waals surface area contributed by atoms with Crippen LogP contribution in [0.2, 0.25) is 30.7 Å². The molecule has 0 saturated carbocycles. The second-order valence-electron chi connectivity index (χ2n) is 8.94. The van der Waals surface area contributed by atoms with E-state index < -0.39 is 8.07 Å². The zero-order valence-electron chi connectivity index (χ0n) is 19.5. The maximum absolute atomic E-state index is 13.2. The number of hydrogen-bond acceptors (Lipinski definition) is 7. The minimum atomic E-state index is -1.23. The number of nitrogens with one attached hydrogen (secondary N) is 1. The van der Waals surface area contributed by atoms with Crippen LogP contribution in [0.15, 0.2) is 42.3 Å². The number of halogens is 1. The van der Waals surface area contributed by atoms with E-state index in [0.29, 0.717) is 45.4 Å². The molecule has 1 aromatic carbocycles. The Hall–Kier alpha value is -2.79. The molecule has 4 aromatic rings. The first-order valence-corrected chi connectivity index (χ1v) is 15.7. The summed E-state index contributed by atoms with van der Waals surface area (Å²) in [6, 6.07) is 6.36. The van der Waals surface area contributed by atoms with Gasteiger partial charge < -0.3 is 14.8 Å². The summed E-state index contributed by atoms with van der Waals surface area (Å²) in [6.45, 7) is 7.78. The van der Waals surface area contributed by atoms with Gasteiger partial charge in [-0.05, 0) is 24.2 Å². The lowest BCUT2D eigenvalue weighted by Crippen LogP contribution is -2.22. The van der Waals surface area contributed by atoms with E-state index >= 15 is 0 Å². The van der Waals surface area contributed by atoms with E-state index in [0.717, 1.165) is 10.7 Å². The van der Waals surface area contributed by atoms with Gasteiger partial charge in [-0.25, -0.2) is 9.67 Å². The predicted molar refractivity (Wildman–Crippen MR) is 139 cm³/mol. The number of hydrogen-bond donors (Lipinski definition) is 1. The largest absolute Gasteiger partial charge is 0.496 e. The number of rotatable bonds is 9. The Balaban J connectivity index is 1.68. The molecular formula is C23H26ClN5O3SSi. The third-order valence-corrected chi connectivity index (χ3v) is 7.91. The Morgan fingerprint density at radius 3 is 2.82 bits per heavy atom. The smallest absolute Gasteiger partial charge is 0.259 e. The van der Waals surface area contributed by atoms with Crippen molar-refractivity contribution in [2.45, 2.75) is 32.4 Å². The molecule has 0 spiro atoms. The van der Waals surface area contributed by atoms with Gasteiger partial charge in [-0.15, -0.1) is 11.3 Å². The molecule has 0 unspecified atom stereocenters. The number of benzene rings is 1. The summed E-state index contributed by atoms with van der Waals surface area (Å²) in [4.78, 5) is 21.7. The molecule has 11 heteroatoms. The van der Waals surface area contributed by atoms with Crippen LogP contribution < -0.4 is 10.1 Å². The number of thiazole rings is 1. The van der Waals surface area contributed by atoms with Crippen molar-refractivity contribution in [1.82, 2.24) is 19.7 Å². The van der Waals surface area contributed by atoms with E-state index in [1.54, 1.807) is 47.9 Å². The molecule has 34 heavy (non-hydrogen) atoms. The molecule has 1 N–H and O–H groups in total. The average Bonchev–Trinajstić information content (AvgIpc) is 3.42. The van der Waals surface area contributed by atoms with Gasteiger partial charge in [0, 0.05) is 37.7 Å². The van der Waals surface area contributed by atoms with Crippen LogP contribution in [0.25, 0.3) is 21.5 Å². The monoisotopic (exact) mass is 515 g/mol. The maximum Gasteiger partial charge on any atom is 0.259 e. The Bertz CT molecular complexity index is 1320. The summed E-state index contributed by atoms with van der Waals surface area (Å²) in [5, 5.41) is 8.00. The fraction of sp³-hybridized carbons (Fsp3) is 0.304. The van der Waals surface area contributed by atoms with Gasteiger partial charge in [-0.3, -0.25) is 9.78 Å². The summed E-state index contributed by atoms with van der Waals surface area (Å²) in [5.74, 6) is 0.275. The second kappa shape index (κ2) is 10.2. The summed E-state index contributed by atoms with van der Waals surface area (Å²) in [7, 11) is 0.362. The average molecular weight is 516 g/mol. The predicted octanol–water partition coefficient (Wildman–Crippen LogP) is 5.78. The summed E-state index contributed by atoms with van der Waals surface area (Å²) in [5.41, 5.74) is 4.54. The fourth-order valence-corrected chi connectivity index (χ4v) is 5.00. The molecule has 178 valence electrons. The summed E-state index contributed by atoms with van der Waals surface area (Å²) >= 11 is 7.75.